The van der Waals surface area contributed by atoms with Crippen LogP contribution in [0.25, 0.3) is 22.0 Å². The van der Waals surface area contributed by atoms with Crippen molar-refractivity contribution in [1.82, 2.24) is 24.5 Å². The predicted octanol–water partition coefficient (Wildman–Crippen LogP) is 3.60. The molecule has 4 heterocycles. The van der Waals surface area contributed by atoms with Crippen LogP contribution in [-0.4, -0.2) is 54.4 Å². The zero-order chi connectivity index (χ0) is 23.4. The molecule has 0 spiro atoms. The lowest BCUT2D eigenvalue weighted by Gasteiger charge is -2.25. The van der Waals surface area contributed by atoms with E-state index >= 15 is 0 Å². The zero-order valence-electron chi connectivity index (χ0n) is 18.5. The number of unbranched alkanes of at least 4 members (excludes halogenated alkanes) is 2. The molecule has 9 nitrogen and oxygen atoms in total. The minimum atomic E-state index is -0.707. The SMILES string of the molecule is CCCCC#Cc1ncc2nc(-c3nccs3)n([C@@H]3SC[C@@H](OC(C)=O)[C@H]3OC(C)=O)c2n1. The summed E-state index contributed by atoms with van der Waals surface area (Å²) in [4.78, 5) is 41.7. The van der Waals surface area contributed by atoms with Gasteiger partial charge in [-0.2, -0.15) is 0 Å². The molecular formula is C22H23N5O4S2. The Morgan fingerprint density at radius 2 is 2.03 bits per heavy atom. The largest absolute Gasteiger partial charge is 0.458 e. The van der Waals surface area contributed by atoms with Gasteiger partial charge in [0.25, 0.3) is 0 Å². The van der Waals surface area contributed by atoms with Crippen LogP contribution in [0.2, 0.25) is 0 Å². The summed E-state index contributed by atoms with van der Waals surface area (Å²) in [7, 11) is 0. The quantitative estimate of drug-likeness (QED) is 0.294. The maximum atomic E-state index is 11.9. The molecule has 1 saturated heterocycles. The molecule has 0 aromatic carbocycles. The van der Waals surface area contributed by atoms with E-state index < -0.39 is 29.5 Å². The molecule has 1 aliphatic rings. The van der Waals surface area contributed by atoms with Crippen molar-refractivity contribution in [1.29, 1.82) is 0 Å². The summed E-state index contributed by atoms with van der Waals surface area (Å²) in [6.07, 6.45) is 4.91. The van der Waals surface area contributed by atoms with Gasteiger partial charge in [-0.3, -0.25) is 14.2 Å². The number of carbonyl (C=O) groups is 2. The summed E-state index contributed by atoms with van der Waals surface area (Å²) >= 11 is 2.95. The number of rotatable bonds is 6. The molecule has 0 unspecified atom stereocenters. The van der Waals surface area contributed by atoms with Gasteiger partial charge >= 0.3 is 11.9 Å². The molecule has 0 aliphatic carbocycles. The van der Waals surface area contributed by atoms with E-state index in [-0.39, 0.29) is 0 Å². The normalized spacial score (nSPS) is 19.8. The lowest BCUT2D eigenvalue weighted by atomic mass is 10.2. The van der Waals surface area contributed by atoms with E-state index in [0.29, 0.717) is 33.6 Å². The van der Waals surface area contributed by atoms with Crippen LogP contribution in [0.1, 0.15) is 51.2 Å². The summed E-state index contributed by atoms with van der Waals surface area (Å²) in [6.45, 7) is 4.79. The number of hydrogen-bond acceptors (Lipinski definition) is 10. The number of nitrogens with zero attached hydrogens (tertiary/aromatic N) is 5. The van der Waals surface area contributed by atoms with Gasteiger partial charge in [-0.1, -0.05) is 19.3 Å². The van der Waals surface area contributed by atoms with Gasteiger partial charge in [0.2, 0.25) is 5.82 Å². The molecule has 4 rings (SSSR count). The van der Waals surface area contributed by atoms with E-state index in [1.165, 1.54) is 36.9 Å². The number of thiazole rings is 1. The first-order valence-electron chi connectivity index (χ1n) is 10.6. The fraction of sp³-hybridized carbons (Fsp3) is 0.455. The van der Waals surface area contributed by atoms with Gasteiger partial charge in [0.15, 0.2) is 28.7 Å². The third-order valence-electron chi connectivity index (χ3n) is 4.86. The molecule has 0 amide bonds. The molecule has 172 valence electrons. The number of fused-ring (bicyclic) bond motifs is 1. The van der Waals surface area contributed by atoms with Crippen LogP contribution in [0.3, 0.4) is 0 Å². The Morgan fingerprint density at radius 1 is 1.21 bits per heavy atom. The average molecular weight is 486 g/mol. The van der Waals surface area contributed by atoms with Crippen LogP contribution in [0.4, 0.5) is 0 Å². The average Bonchev–Trinajstić information content (AvgIpc) is 3.50. The predicted molar refractivity (Wildman–Crippen MR) is 125 cm³/mol. The standard InChI is InChI=1S/C22H23N5O4S2/c1-4-5-6-7-8-17-24-11-15-19(26-17)27(20(25-15)21-23-9-10-32-21)22-18(31-14(3)29)16(12-33-22)30-13(2)28/h9-11,16,18,22H,4-6,12H2,1-3H3/t16-,18-,22-/m1/s1. The third kappa shape index (κ3) is 5.17. The second kappa shape index (κ2) is 10.3. The summed E-state index contributed by atoms with van der Waals surface area (Å²) in [5.41, 5.74) is 1.14. The highest BCUT2D eigenvalue weighted by atomic mass is 32.2. The van der Waals surface area contributed by atoms with E-state index in [1.54, 1.807) is 12.4 Å². The van der Waals surface area contributed by atoms with Crippen molar-refractivity contribution >= 4 is 46.2 Å². The molecule has 3 atom stereocenters. The number of imidazole rings is 1. The van der Waals surface area contributed by atoms with Crippen molar-refractivity contribution in [2.24, 2.45) is 0 Å². The molecule has 0 saturated carbocycles. The molecule has 0 radical (unpaired) electrons. The van der Waals surface area contributed by atoms with Gasteiger partial charge < -0.3 is 9.47 Å². The van der Waals surface area contributed by atoms with Crippen molar-refractivity contribution in [3.63, 3.8) is 0 Å². The number of esters is 2. The highest BCUT2D eigenvalue weighted by molar-refractivity contribution is 7.99. The minimum absolute atomic E-state index is 0.397. The maximum absolute atomic E-state index is 11.9. The molecule has 1 aliphatic heterocycles. The van der Waals surface area contributed by atoms with Crippen LogP contribution in [0.15, 0.2) is 17.8 Å². The number of carbonyl (C=O) groups excluding carboxylic acids is 2. The number of hydrogen-bond donors (Lipinski definition) is 0. The molecule has 3 aromatic rings. The van der Waals surface area contributed by atoms with E-state index in [1.807, 2.05) is 9.95 Å². The molecule has 3 aromatic heterocycles. The Labute approximate surface area is 199 Å². The third-order valence-corrected chi connectivity index (χ3v) is 6.98. The molecule has 11 heteroatoms. The van der Waals surface area contributed by atoms with Crippen LogP contribution in [0, 0.1) is 11.8 Å². The van der Waals surface area contributed by atoms with Crippen molar-refractivity contribution in [2.45, 2.75) is 57.6 Å². The number of aromatic nitrogens is 5. The lowest BCUT2D eigenvalue weighted by molar-refractivity contribution is -0.163. The van der Waals surface area contributed by atoms with Crippen LogP contribution in [-0.2, 0) is 19.1 Å². The monoisotopic (exact) mass is 485 g/mol. The highest BCUT2D eigenvalue weighted by Gasteiger charge is 2.44. The Hall–Kier alpha value is -2.97. The lowest BCUT2D eigenvalue weighted by Crippen LogP contribution is -2.36. The highest BCUT2D eigenvalue weighted by Crippen LogP contribution is 2.43. The summed E-state index contributed by atoms with van der Waals surface area (Å²) in [5.74, 6) is 6.69. The molecule has 0 bridgehead atoms. The smallest absolute Gasteiger partial charge is 0.303 e. The minimum Gasteiger partial charge on any atom is -0.458 e. The summed E-state index contributed by atoms with van der Waals surface area (Å²) < 4.78 is 13.0. The fourth-order valence-electron chi connectivity index (χ4n) is 3.51. The summed E-state index contributed by atoms with van der Waals surface area (Å²) in [5, 5.41) is 2.14. The van der Waals surface area contributed by atoms with Crippen molar-refractivity contribution in [3.05, 3.63) is 23.6 Å². The van der Waals surface area contributed by atoms with Gasteiger partial charge in [0, 0.05) is 37.6 Å². The topological polar surface area (TPSA) is 109 Å². The van der Waals surface area contributed by atoms with Crippen LogP contribution >= 0.6 is 23.1 Å². The van der Waals surface area contributed by atoms with E-state index in [4.69, 9.17) is 14.5 Å². The van der Waals surface area contributed by atoms with Gasteiger partial charge in [-0.15, -0.1) is 23.1 Å². The van der Waals surface area contributed by atoms with Crippen LogP contribution in [0.5, 0.6) is 0 Å². The molecule has 1 fully saturated rings. The Morgan fingerprint density at radius 3 is 2.73 bits per heavy atom. The first-order chi connectivity index (χ1) is 16.0. The van der Waals surface area contributed by atoms with E-state index in [9.17, 15) is 9.59 Å². The molecule has 0 N–H and O–H groups in total. The van der Waals surface area contributed by atoms with Gasteiger partial charge in [0.05, 0.1) is 6.20 Å². The van der Waals surface area contributed by atoms with Gasteiger partial charge in [-0.05, 0) is 12.3 Å². The van der Waals surface area contributed by atoms with Gasteiger partial charge in [0.1, 0.15) is 10.9 Å². The molecular weight excluding hydrogens is 462 g/mol. The first kappa shape index (κ1) is 23.2. The number of ether oxygens (including phenoxy) is 2. The zero-order valence-corrected chi connectivity index (χ0v) is 20.1. The van der Waals surface area contributed by atoms with E-state index in [2.05, 4.69) is 33.7 Å². The first-order valence-corrected chi connectivity index (χ1v) is 12.5. The van der Waals surface area contributed by atoms with Crippen molar-refractivity contribution < 1.29 is 19.1 Å². The maximum Gasteiger partial charge on any atom is 0.303 e. The second-order valence-corrected chi connectivity index (χ2v) is 9.44. The van der Waals surface area contributed by atoms with Gasteiger partial charge in [-0.25, -0.2) is 19.9 Å². The second-order valence-electron chi connectivity index (χ2n) is 7.40. The number of thioether (sulfide) groups is 1. The summed E-state index contributed by atoms with van der Waals surface area (Å²) in [6, 6.07) is 0. The van der Waals surface area contributed by atoms with Crippen molar-refractivity contribution in [3.8, 4) is 22.7 Å². The Kier molecular flexibility index (Phi) is 7.25. The van der Waals surface area contributed by atoms with Crippen molar-refractivity contribution in [2.75, 3.05) is 5.75 Å². The fourth-order valence-corrected chi connectivity index (χ4v) is 5.55. The Bertz CT molecular complexity index is 1210. The van der Waals surface area contributed by atoms with E-state index in [0.717, 1.165) is 19.3 Å². The molecule has 33 heavy (non-hydrogen) atoms. The van der Waals surface area contributed by atoms with Crippen LogP contribution < -0.4 is 0 Å². The Balaban J connectivity index is 1.82.